The van der Waals surface area contributed by atoms with Crippen molar-refractivity contribution >= 4 is 5.91 Å². The van der Waals surface area contributed by atoms with Crippen LogP contribution in [0.25, 0.3) is 0 Å². The number of carbonyl (C=O) groups is 1. The Morgan fingerprint density at radius 1 is 1.09 bits per heavy atom. The van der Waals surface area contributed by atoms with Gasteiger partial charge in [-0.2, -0.15) is 18.3 Å². The SMILES string of the molecule is O=C(N[C@@H](CCCCCNCc1ccncc1)c1cccc(C(F)(F)F)c1)c1cn[nH]c1. The van der Waals surface area contributed by atoms with Crippen LogP contribution in [-0.2, 0) is 12.7 Å². The van der Waals surface area contributed by atoms with Gasteiger partial charge in [0.05, 0.1) is 23.4 Å². The molecular formula is C23H26F3N5O. The maximum absolute atomic E-state index is 13.2. The van der Waals surface area contributed by atoms with E-state index < -0.39 is 17.8 Å². The van der Waals surface area contributed by atoms with Crippen molar-refractivity contribution in [3.05, 3.63) is 83.4 Å². The maximum atomic E-state index is 13.2. The first kappa shape index (κ1) is 23.5. The number of carbonyl (C=O) groups excluding carboxylic acids is 1. The van der Waals surface area contributed by atoms with Crippen LogP contribution in [0.5, 0.6) is 0 Å². The molecule has 3 aromatic rings. The van der Waals surface area contributed by atoms with Crippen LogP contribution in [0.15, 0.2) is 61.2 Å². The van der Waals surface area contributed by atoms with E-state index in [1.54, 1.807) is 18.5 Å². The van der Waals surface area contributed by atoms with E-state index in [0.717, 1.165) is 50.0 Å². The molecule has 0 radical (unpaired) electrons. The summed E-state index contributed by atoms with van der Waals surface area (Å²) in [4.78, 5) is 16.5. The Balaban J connectivity index is 1.53. The Hall–Kier alpha value is -3.20. The normalized spacial score (nSPS) is 12.5. The number of rotatable bonds is 11. The molecule has 0 aliphatic carbocycles. The molecule has 6 nitrogen and oxygen atoms in total. The molecule has 170 valence electrons. The third kappa shape index (κ3) is 7.19. The van der Waals surface area contributed by atoms with Gasteiger partial charge in [0.1, 0.15) is 0 Å². The third-order valence-corrected chi connectivity index (χ3v) is 5.11. The molecule has 32 heavy (non-hydrogen) atoms. The van der Waals surface area contributed by atoms with E-state index in [4.69, 9.17) is 0 Å². The predicted octanol–water partition coefficient (Wildman–Crippen LogP) is 4.64. The summed E-state index contributed by atoms with van der Waals surface area (Å²) in [5, 5.41) is 12.5. The summed E-state index contributed by atoms with van der Waals surface area (Å²) in [5.41, 5.74) is 1.21. The highest BCUT2D eigenvalue weighted by Crippen LogP contribution is 2.31. The van der Waals surface area contributed by atoms with Crippen LogP contribution in [0.3, 0.4) is 0 Å². The number of benzene rings is 1. The topological polar surface area (TPSA) is 82.7 Å². The zero-order valence-electron chi connectivity index (χ0n) is 17.5. The summed E-state index contributed by atoms with van der Waals surface area (Å²) in [7, 11) is 0. The molecule has 0 saturated carbocycles. The molecule has 3 rings (SSSR count). The number of amides is 1. The van der Waals surface area contributed by atoms with E-state index in [2.05, 4.69) is 25.8 Å². The average molecular weight is 445 g/mol. The van der Waals surface area contributed by atoms with Crippen molar-refractivity contribution in [1.29, 1.82) is 0 Å². The Bertz CT molecular complexity index is 961. The number of aromatic nitrogens is 3. The second-order valence-corrected chi connectivity index (χ2v) is 7.52. The molecule has 9 heteroatoms. The first-order valence-corrected chi connectivity index (χ1v) is 10.5. The van der Waals surface area contributed by atoms with E-state index in [0.29, 0.717) is 17.5 Å². The highest BCUT2D eigenvalue weighted by molar-refractivity contribution is 5.93. The lowest BCUT2D eigenvalue weighted by Crippen LogP contribution is -2.28. The molecule has 0 unspecified atom stereocenters. The highest BCUT2D eigenvalue weighted by atomic mass is 19.4. The first-order valence-electron chi connectivity index (χ1n) is 10.5. The second kappa shape index (κ2) is 11.4. The van der Waals surface area contributed by atoms with Crippen molar-refractivity contribution in [2.24, 2.45) is 0 Å². The van der Waals surface area contributed by atoms with Crippen molar-refractivity contribution in [3.8, 4) is 0 Å². The van der Waals surface area contributed by atoms with E-state index in [1.807, 2.05) is 12.1 Å². The molecule has 0 aliphatic heterocycles. The third-order valence-electron chi connectivity index (χ3n) is 5.11. The average Bonchev–Trinajstić information content (AvgIpc) is 3.33. The monoisotopic (exact) mass is 445 g/mol. The van der Waals surface area contributed by atoms with Crippen molar-refractivity contribution in [3.63, 3.8) is 0 Å². The van der Waals surface area contributed by atoms with Gasteiger partial charge in [-0.1, -0.05) is 25.0 Å². The Morgan fingerprint density at radius 2 is 1.91 bits per heavy atom. The lowest BCUT2D eigenvalue weighted by Gasteiger charge is -2.20. The largest absolute Gasteiger partial charge is 0.416 e. The summed E-state index contributed by atoms with van der Waals surface area (Å²) >= 11 is 0. The number of H-pyrrole nitrogens is 1. The number of halogens is 3. The Kier molecular flexibility index (Phi) is 8.38. The van der Waals surface area contributed by atoms with E-state index in [-0.39, 0.29) is 5.91 Å². The summed E-state index contributed by atoms with van der Waals surface area (Å²) in [5.74, 6) is -0.375. The van der Waals surface area contributed by atoms with Gasteiger partial charge < -0.3 is 10.6 Å². The number of nitrogens with zero attached hydrogens (tertiary/aromatic N) is 2. The van der Waals surface area contributed by atoms with Crippen LogP contribution in [0, 0.1) is 0 Å². The van der Waals surface area contributed by atoms with Crippen molar-refractivity contribution in [2.75, 3.05) is 6.54 Å². The minimum atomic E-state index is -4.43. The summed E-state index contributed by atoms with van der Waals surface area (Å²) < 4.78 is 39.5. The molecule has 3 N–H and O–H groups in total. The van der Waals surface area contributed by atoms with Gasteiger partial charge in [0, 0.05) is 25.1 Å². The number of hydrogen-bond donors (Lipinski definition) is 3. The molecule has 2 heterocycles. The first-order chi connectivity index (χ1) is 15.4. The van der Waals surface area contributed by atoms with Gasteiger partial charge in [0.2, 0.25) is 0 Å². The molecule has 0 aliphatic rings. The fraction of sp³-hybridized carbons (Fsp3) is 0.348. The molecule has 0 saturated heterocycles. The van der Waals surface area contributed by atoms with Crippen molar-refractivity contribution in [2.45, 2.75) is 44.4 Å². The van der Waals surface area contributed by atoms with Crippen LogP contribution >= 0.6 is 0 Å². The van der Waals surface area contributed by atoms with Gasteiger partial charge in [0.15, 0.2) is 0 Å². The minimum Gasteiger partial charge on any atom is -0.345 e. The number of aromatic amines is 1. The fourth-order valence-electron chi connectivity index (χ4n) is 3.38. The predicted molar refractivity (Wildman–Crippen MR) is 115 cm³/mol. The summed E-state index contributed by atoms with van der Waals surface area (Å²) in [6.45, 7) is 1.59. The van der Waals surface area contributed by atoms with Gasteiger partial charge in [0.25, 0.3) is 5.91 Å². The number of pyridine rings is 1. The second-order valence-electron chi connectivity index (χ2n) is 7.52. The molecule has 0 fully saturated rings. The zero-order valence-corrected chi connectivity index (χ0v) is 17.5. The number of nitrogens with one attached hydrogen (secondary N) is 3. The molecule has 0 bridgehead atoms. The summed E-state index contributed by atoms with van der Waals surface area (Å²) in [6, 6.07) is 8.52. The van der Waals surface area contributed by atoms with Gasteiger partial charge in [-0.15, -0.1) is 0 Å². The van der Waals surface area contributed by atoms with Gasteiger partial charge in [-0.3, -0.25) is 14.9 Å². The van der Waals surface area contributed by atoms with Crippen LogP contribution in [-0.4, -0.2) is 27.6 Å². The number of unbranched alkanes of at least 4 members (excludes halogenated alkanes) is 2. The molecule has 1 amide bonds. The maximum Gasteiger partial charge on any atom is 0.416 e. The molecular weight excluding hydrogens is 419 g/mol. The quantitative estimate of drug-likeness (QED) is 0.376. The standard InChI is InChI=1S/C23H26F3N5O/c24-23(25,26)20-6-4-5-18(13-20)21(31-22(32)19-15-29-30-16-19)7-2-1-3-10-28-14-17-8-11-27-12-9-17/h4-6,8-9,11-13,15-16,21,28H,1-3,7,10,14H2,(H,29,30)(H,31,32)/t21-/m0/s1. The fourth-order valence-corrected chi connectivity index (χ4v) is 3.38. The molecule has 0 spiro atoms. The molecule has 1 atom stereocenters. The minimum absolute atomic E-state index is 0.335. The molecule has 1 aromatic carbocycles. The van der Waals surface area contributed by atoms with Gasteiger partial charge in [-0.25, -0.2) is 0 Å². The van der Waals surface area contributed by atoms with Crippen LogP contribution in [0.1, 0.15) is 58.8 Å². The number of alkyl halides is 3. The van der Waals surface area contributed by atoms with E-state index in [9.17, 15) is 18.0 Å². The van der Waals surface area contributed by atoms with Crippen molar-refractivity contribution < 1.29 is 18.0 Å². The smallest absolute Gasteiger partial charge is 0.345 e. The Labute approximate surface area is 184 Å². The lowest BCUT2D eigenvalue weighted by molar-refractivity contribution is -0.137. The highest BCUT2D eigenvalue weighted by Gasteiger charge is 2.31. The lowest BCUT2D eigenvalue weighted by atomic mass is 9.98. The van der Waals surface area contributed by atoms with Crippen LogP contribution in [0.4, 0.5) is 13.2 Å². The zero-order chi connectivity index (χ0) is 22.8. The van der Waals surface area contributed by atoms with Crippen LogP contribution in [0.2, 0.25) is 0 Å². The van der Waals surface area contributed by atoms with Gasteiger partial charge in [-0.05, 0) is 54.8 Å². The molecule has 2 aromatic heterocycles. The van der Waals surface area contributed by atoms with Crippen molar-refractivity contribution in [1.82, 2.24) is 25.8 Å². The van der Waals surface area contributed by atoms with Gasteiger partial charge >= 0.3 is 6.18 Å². The van der Waals surface area contributed by atoms with E-state index >= 15 is 0 Å². The Morgan fingerprint density at radius 3 is 2.62 bits per heavy atom. The summed E-state index contributed by atoms with van der Waals surface area (Å²) in [6.07, 6.45) is 5.02. The van der Waals surface area contributed by atoms with E-state index in [1.165, 1.54) is 18.5 Å². The van der Waals surface area contributed by atoms with Crippen LogP contribution < -0.4 is 10.6 Å². The number of hydrogen-bond acceptors (Lipinski definition) is 4.